The zero-order valence-electron chi connectivity index (χ0n) is 11.1. The molecule has 0 spiro atoms. The second kappa shape index (κ2) is 5.83. The molecule has 1 unspecified atom stereocenters. The number of aryl methyl sites for hydroxylation is 1. The lowest BCUT2D eigenvalue weighted by Gasteiger charge is -2.15. The van der Waals surface area contributed by atoms with Gasteiger partial charge in [0.15, 0.2) is 0 Å². The first-order chi connectivity index (χ1) is 9.42. The molecular weight excluding hydrogens is 234 g/mol. The molecule has 0 N–H and O–H groups in total. The average Bonchev–Trinajstić information content (AvgIpc) is 2.96. The summed E-state index contributed by atoms with van der Waals surface area (Å²) in [6, 6.07) is 12.6. The molecule has 1 aliphatic rings. The van der Waals surface area contributed by atoms with E-state index >= 15 is 0 Å². The Balaban J connectivity index is 1.52. The lowest BCUT2D eigenvalue weighted by atomic mass is 9.99. The van der Waals surface area contributed by atoms with Crippen LogP contribution >= 0.6 is 0 Å². The minimum absolute atomic E-state index is 0.768. The fourth-order valence-electron chi connectivity index (χ4n) is 2.72. The molecule has 2 heterocycles. The van der Waals surface area contributed by atoms with Gasteiger partial charge >= 0.3 is 0 Å². The van der Waals surface area contributed by atoms with Crippen molar-refractivity contribution in [3.8, 4) is 0 Å². The van der Waals surface area contributed by atoms with Crippen LogP contribution in [0.25, 0.3) is 0 Å². The van der Waals surface area contributed by atoms with Gasteiger partial charge in [0.25, 0.3) is 0 Å². The Hall–Kier alpha value is -1.90. The van der Waals surface area contributed by atoms with Crippen LogP contribution in [0.15, 0.2) is 48.8 Å². The van der Waals surface area contributed by atoms with Crippen molar-refractivity contribution in [1.29, 1.82) is 0 Å². The van der Waals surface area contributed by atoms with Crippen molar-refractivity contribution >= 4 is 5.95 Å². The highest BCUT2D eigenvalue weighted by Gasteiger charge is 2.23. The smallest absolute Gasteiger partial charge is 0.225 e. The van der Waals surface area contributed by atoms with E-state index in [1.165, 1.54) is 24.8 Å². The fraction of sp³-hybridized carbons (Fsp3) is 0.375. The molecule has 98 valence electrons. The van der Waals surface area contributed by atoms with Gasteiger partial charge in [-0.2, -0.15) is 0 Å². The molecule has 0 radical (unpaired) electrons. The summed E-state index contributed by atoms with van der Waals surface area (Å²) in [5, 5.41) is 0. The van der Waals surface area contributed by atoms with E-state index < -0.39 is 0 Å². The number of aromatic nitrogens is 2. The highest BCUT2D eigenvalue weighted by Crippen LogP contribution is 2.24. The molecule has 1 aliphatic heterocycles. The van der Waals surface area contributed by atoms with Gasteiger partial charge < -0.3 is 4.90 Å². The topological polar surface area (TPSA) is 29.0 Å². The molecule has 1 atom stereocenters. The lowest BCUT2D eigenvalue weighted by molar-refractivity contribution is 0.537. The van der Waals surface area contributed by atoms with Crippen LogP contribution in [0.2, 0.25) is 0 Å². The van der Waals surface area contributed by atoms with E-state index in [1.807, 2.05) is 18.5 Å². The summed E-state index contributed by atoms with van der Waals surface area (Å²) in [6.07, 6.45) is 7.33. The molecule has 0 amide bonds. The number of rotatable bonds is 4. The summed E-state index contributed by atoms with van der Waals surface area (Å²) in [6.45, 7) is 2.18. The van der Waals surface area contributed by atoms with E-state index in [-0.39, 0.29) is 0 Å². The van der Waals surface area contributed by atoms with Crippen LogP contribution in [-0.4, -0.2) is 23.1 Å². The summed E-state index contributed by atoms with van der Waals surface area (Å²) in [5.41, 5.74) is 1.44. The van der Waals surface area contributed by atoms with Crippen LogP contribution in [0, 0.1) is 5.92 Å². The monoisotopic (exact) mass is 253 g/mol. The fourth-order valence-corrected chi connectivity index (χ4v) is 2.72. The SMILES string of the molecule is c1ccc(CCC2CCN(c3ncccn3)C2)cc1. The van der Waals surface area contributed by atoms with Crippen molar-refractivity contribution in [1.82, 2.24) is 9.97 Å². The maximum atomic E-state index is 4.33. The van der Waals surface area contributed by atoms with Crippen molar-refractivity contribution in [3.05, 3.63) is 54.4 Å². The molecule has 3 nitrogen and oxygen atoms in total. The minimum Gasteiger partial charge on any atom is -0.341 e. The molecule has 19 heavy (non-hydrogen) atoms. The third-order valence-electron chi connectivity index (χ3n) is 3.80. The van der Waals surface area contributed by atoms with Crippen molar-refractivity contribution < 1.29 is 0 Å². The third kappa shape index (κ3) is 3.11. The van der Waals surface area contributed by atoms with Gasteiger partial charge in [0.05, 0.1) is 0 Å². The third-order valence-corrected chi connectivity index (χ3v) is 3.80. The van der Waals surface area contributed by atoms with Crippen LogP contribution in [-0.2, 0) is 6.42 Å². The van der Waals surface area contributed by atoms with Crippen molar-refractivity contribution in [2.45, 2.75) is 19.3 Å². The molecule has 1 saturated heterocycles. The van der Waals surface area contributed by atoms with Crippen LogP contribution < -0.4 is 4.90 Å². The number of benzene rings is 1. The van der Waals surface area contributed by atoms with E-state index in [9.17, 15) is 0 Å². The minimum atomic E-state index is 0.768. The first-order valence-electron chi connectivity index (χ1n) is 6.98. The second-order valence-corrected chi connectivity index (χ2v) is 5.17. The highest BCUT2D eigenvalue weighted by atomic mass is 15.3. The molecule has 0 bridgehead atoms. The highest BCUT2D eigenvalue weighted by molar-refractivity contribution is 5.30. The summed E-state index contributed by atoms with van der Waals surface area (Å²) in [7, 11) is 0. The number of hydrogen-bond donors (Lipinski definition) is 0. The standard InChI is InChI=1S/C16H19N3/c1-2-5-14(6-3-1)7-8-15-9-12-19(13-15)16-17-10-4-11-18-16/h1-6,10-11,15H,7-9,12-13H2. The maximum absolute atomic E-state index is 4.33. The number of hydrogen-bond acceptors (Lipinski definition) is 3. The zero-order chi connectivity index (χ0) is 12.9. The Morgan fingerprint density at radius 1 is 1.05 bits per heavy atom. The predicted molar refractivity (Wildman–Crippen MR) is 77.1 cm³/mol. The molecule has 0 saturated carbocycles. The van der Waals surface area contributed by atoms with Crippen LogP contribution in [0.5, 0.6) is 0 Å². The first-order valence-corrected chi connectivity index (χ1v) is 6.98. The van der Waals surface area contributed by atoms with Gasteiger partial charge in [-0.25, -0.2) is 9.97 Å². The Labute approximate surface area is 114 Å². The lowest BCUT2D eigenvalue weighted by Crippen LogP contribution is -2.21. The van der Waals surface area contributed by atoms with E-state index in [0.717, 1.165) is 25.0 Å². The van der Waals surface area contributed by atoms with Crippen molar-refractivity contribution in [3.63, 3.8) is 0 Å². The largest absolute Gasteiger partial charge is 0.341 e. The van der Waals surface area contributed by atoms with E-state index in [2.05, 4.69) is 45.2 Å². The zero-order valence-corrected chi connectivity index (χ0v) is 11.1. The van der Waals surface area contributed by atoms with Gasteiger partial charge in [-0.05, 0) is 36.8 Å². The van der Waals surface area contributed by atoms with Crippen LogP contribution in [0.4, 0.5) is 5.95 Å². The van der Waals surface area contributed by atoms with Crippen molar-refractivity contribution in [2.24, 2.45) is 5.92 Å². The van der Waals surface area contributed by atoms with E-state index in [1.54, 1.807) is 0 Å². The Kier molecular flexibility index (Phi) is 3.73. The molecular formula is C16H19N3. The van der Waals surface area contributed by atoms with Gasteiger partial charge in [-0.3, -0.25) is 0 Å². The van der Waals surface area contributed by atoms with Gasteiger partial charge in [0.2, 0.25) is 5.95 Å². The normalized spacial score (nSPS) is 18.7. The molecule has 0 aliphatic carbocycles. The number of nitrogens with zero attached hydrogens (tertiary/aromatic N) is 3. The summed E-state index contributed by atoms with van der Waals surface area (Å²) >= 11 is 0. The number of anilines is 1. The average molecular weight is 253 g/mol. The summed E-state index contributed by atoms with van der Waals surface area (Å²) < 4.78 is 0. The van der Waals surface area contributed by atoms with Crippen LogP contribution in [0.3, 0.4) is 0 Å². The van der Waals surface area contributed by atoms with E-state index in [0.29, 0.717) is 0 Å². The van der Waals surface area contributed by atoms with Gasteiger partial charge in [-0.15, -0.1) is 0 Å². The molecule has 3 heteroatoms. The Morgan fingerprint density at radius 3 is 2.63 bits per heavy atom. The molecule has 1 fully saturated rings. The van der Waals surface area contributed by atoms with Gasteiger partial charge in [0, 0.05) is 25.5 Å². The predicted octanol–water partition coefficient (Wildman–Crippen LogP) is 2.94. The molecule has 1 aromatic carbocycles. The maximum Gasteiger partial charge on any atom is 0.225 e. The molecule has 3 rings (SSSR count). The first kappa shape index (κ1) is 12.2. The van der Waals surface area contributed by atoms with Gasteiger partial charge in [-0.1, -0.05) is 30.3 Å². The van der Waals surface area contributed by atoms with E-state index in [4.69, 9.17) is 0 Å². The Morgan fingerprint density at radius 2 is 1.84 bits per heavy atom. The Bertz CT molecular complexity index is 498. The van der Waals surface area contributed by atoms with Gasteiger partial charge in [0.1, 0.15) is 0 Å². The molecule has 1 aromatic heterocycles. The second-order valence-electron chi connectivity index (χ2n) is 5.17. The summed E-state index contributed by atoms with van der Waals surface area (Å²) in [5.74, 6) is 1.65. The molecule has 2 aromatic rings. The van der Waals surface area contributed by atoms with Crippen molar-refractivity contribution in [2.75, 3.05) is 18.0 Å². The summed E-state index contributed by atoms with van der Waals surface area (Å²) in [4.78, 5) is 11.0. The van der Waals surface area contributed by atoms with Crippen LogP contribution in [0.1, 0.15) is 18.4 Å². The quantitative estimate of drug-likeness (QED) is 0.839.